The molecule has 0 amide bonds. The maximum Gasteiger partial charge on any atom is 0.348 e. The predicted octanol–water partition coefficient (Wildman–Crippen LogP) is 1.54. The number of aryl methyl sites for hydroxylation is 1. The van der Waals surface area contributed by atoms with Gasteiger partial charge < -0.3 is 9.94 Å². The molecule has 0 atom stereocenters. The van der Waals surface area contributed by atoms with Gasteiger partial charge in [-0.25, -0.2) is 4.79 Å². The summed E-state index contributed by atoms with van der Waals surface area (Å²) < 4.78 is 4.63. The minimum Gasteiger partial charge on any atom is -0.594 e. The lowest BCUT2D eigenvalue weighted by Crippen LogP contribution is -2.33. The average Bonchev–Trinajstić information content (AvgIpc) is 2.81. The highest BCUT2D eigenvalue weighted by Crippen LogP contribution is 2.27. The number of nitrogens with zero attached hydrogens (tertiary/aromatic N) is 2. The molecular formula is C11H10N2O3S. The molecule has 0 radical (unpaired) electrons. The third-order valence-corrected chi connectivity index (χ3v) is 3.36. The van der Waals surface area contributed by atoms with Crippen LogP contribution in [-0.4, -0.2) is 18.2 Å². The first-order valence-corrected chi connectivity index (χ1v) is 5.68. The summed E-state index contributed by atoms with van der Waals surface area (Å²) in [5.41, 5.74) is 1.32. The molecule has 0 aliphatic carbocycles. The molecule has 0 aromatic carbocycles. The minimum atomic E-state index is -0.360. The van der Waals surface area contributed by atoms with E-state index in [1.807, 2.05) is 6.07 Å². The van der Waals surface area contributed by atoms with E-state index in [4.69, 9.17) is 0 Å². The molecule has 0 unspecified atom stereocenters. The van der Waals surface area contributed by atoms with Crippen LogP contribution in [0.4, 0.5) is 0 Å². The van der Waals surface area contributed by atoms with E-state index in [0.717, 1.165) is 10.4 Å². The van der Waals surface area contributed by atoms with E-state index >= 15 is 0 Å². The van der Waals surface area contributed by atoms with Crippen LogP contribution in [0.25, 0.3) is 10.4 Å². The van der Waals surface area contributed by atoms with Crippen molar-refractivity contribution in [2.45, 2.75) is 6.92 Å². The molecule has 2 aromatic heterocycles. The Labute approximate surface area is 102 Å². The van der Waals surface area contributed by atoms with Crippen molar-refractivity contribution in [3.05, 3.63) is 40.2 Å². The molecule has 2 aromatic rings. The van der Waals surface area contributed by atoms with Gasteiger partial charge in [-0.2, -0.15) is 0 Å². The molecular weight excluding hydrogens is 240 g/mol. The van der Waals surface area contributed by atoms with Crippen LogP contribution in [0.2, 0.25) is 0 Å². The van der Waals surface area contributed by atoms with Gasteiger partial charge in [-0.3, -0.25) is 0 Å². The standard InChI is InChI=1S/C11H10N2O3S/c1-7-5-8(6-12-13(7)15)9-3-4-10(17-9)11(14)16-2/h3-6H,1-2H3. The quantitative estimate of drug-likeness (QED) is 0.460. The van der Waals surface area contributed by atoms with E-state index in [0.29, 0.717) is 15.4 Å². The maximum atomic E-state index is 11.3. The van der Waals surface area contributed by atoms with Crippen molar-refractivity contribution in [2.75, 3.05) is 7.11 Å². The maximum absolute atomic E-state index is 11.3. The van der Waals surface area contributed by atoms with Crippen molar-refractivity contribution in [3.63, 3.8) is 0 Å². The van der Waals surface area contributed by atoms with E-state index in [2.05, 4.69) is 9.84 Å². The summed E-state index contributed by atoms with van der Waals surface area (Å²) in [6.07, 6.45) is 1.48. The molecule has 17 heavy (non-hydrogen) atoms. The van der Waals surface area contributed by atoms with Gasteiger partial charge in [-0.05, 0) is 12.1 Å². The van der Waals surface area contributed by atoms with Crippen LogP contribution in [0, 0.1) is 12.1 Å². The average molecular weight is 250 g/mol. The normalized spacial score (nSPS) is 10.2. The molecule has 0 N–H and O–H groups in total. The zero-order valence-electron chi connectivity index (χ0n) is 9.34. The molecule has 0 saturated carbocycles. The van der Waals surface area contributed by atoms with Crippen molar-refractivity contribution < 1.29 is 14.4 Å². The minimum absolute atomic E-state index is 0.360. The summed E-state index contributed by atoms with van der Waals surface area (Å²) in [7, 11) is 1.34. The number of ether oxygens (including phenoxy) is 1. The molecule has 6 heteroatoms. The fraction of sp³-hybridized carbons (Fsp3) is 0.182. The van der Waals surface area contributed by atoms with Gasteiger partial charge in [0, 0.05) is 28.5 Å². The summed E-state index contributed by atoms with van der Waals surface area (Å²) >= 11 is 1.31. The van der Waals surface area contributed by atoms with E-state index in [-0.39, 0.29) is 5.97 Å². The second kappa shape index (κ2) is 4.50. The molecule has 0 bridgehead atoms. The number of thiophene rings is 1. The van der Waals surface area contributed by atoms with Gasteiger partial charge in [-0.1, -0.05) is 4.85 Å². The molecule has 88 valence electrons. The van der Waals surface area contributed by atoms with Crippen LogP contribution in [0.15, 0.2) is 24.4 Å². The topological polar surface area (TPSA) is 66.1 Å². The highest BCUT2D eigenvalue weighted by atomic mass is 32.1. The van der Waals surface area contributed by atoms with Crippen LogP contribution in [0.3, 0.4) is 0 Å². The lowest BCUT2D eigenvalue weighted by molar-refractivity contribution is -0.675. The molecule has 0 spiro atoms. The van der Waals surface area contributed by atoms with E-state index in [1.54, 1.807) is 19.1 Å². The first kappa shape index (κ1) is 11.5. The Kier molecular flexibility index (Phi) is 3.06. The highest BCUT2D eigenvalue weighted by molar-refractivity contribution is 7.17. The number of carbonyl (C=O) groups is 1. The summed E-state index contributed by atoms with van der Waals surface area (Å²) in [6, 6.07) is 5.23. The number of hydrogen-bond acceptors (Lipinski definition) is 5. The number of carbonyl (C=O) groups excluding carboxylic acids is 1. The van der Waals surface area contributed by atoms with Crippen LogP contribution in [0.1, 0.15) is 15.4 Å². The lowest BCUT2D eigenvalue weighted by atomic mass is 10.2. The van der Waals surface area contributed by atoms with Crippen molar-refractivity contribution in [2.24, 2.45) is 0 Å². The largest absolute Gasteiger partial charge is 0.594 e. The fourth-order valence-electron chi connectivity index (χ4n) is 1.36. The van der Waals surface area contributed by atoms with Gasteiger partial charge in [0.25, 0.3) is 0 Å². The van der Waals surface area contributed by atoms with Gasteiger partial charge in [-0.15, -0.1) is 11.3 Å². The fourth-order valence-corrected chi connectivity index (χ4v) is 2.27. The smallest absolute Gasteiger partial charge is 0.348 e. The first-order valence-electron chi connectivity index (χ1n) is 4.87. The number of esters is 1. The zero-order valence-corrected chi connectivity index (χ0v) is 10.2. The lowest BCUT2D eigenvalue weighted by Gasteiger charge is -1.99. The molecule has 0 fully saturated rings. The summed E-state index contributed by atoms with van der Waals surface area (Å²) in [5, 5.41) is 14.8. The molecule has 0 aliphatic heterocycles. The first-order chi connectivity index (χ1) is 8.11. The summed E-state index contributed by atoms with van der Waals surface area (Å²) in [6.45, 7) is 1.68. The molecule has 2 heterocycles. The summed E-state index contributed by atoms with van der Waals surface area (Å²) in [4.78, 5) is 13.3. The van der Waals surface area contributed by atoms with Crippen LogP contribution in [-0.2, 0) is 4.74 Å². The van der Waals surface area contributed by atoms with Gasteiger partial charge in [0.1, 0.15) is 11.1 Å². The molecule has 0 saturated heterocycles. The Morgan fingerprint density at radius 3 is 2.94 bits per heavy atom. The van der Waals surface area contributed by atoms with E-state index < -0.39 is 0 Å². The monoisotopic (exact) mass is 250 g/mol. The number of rotatable bonds is 2. The second-order valence-electron chi connectivity index (χ2n) is 3.41. The highest BCUT2D eigenvalue weighted by Gasteiger charge is 2.12. The predicted molar refractivity (Wildman–Crippen MR) is 62.6 cm³/mol. The molecule has 2 rings (SSSR count). The number of hydrogen-bond donors (Lipinski definition) is 0. The Bertz CT molecular complexity index is 566. The van der Waals surface area contributed by atoms with Gasteiger partial charge in [0.05, 0.1) is 7.11 Å². The SMILES string of the molecule is COC(=O)c1ccc(-c2cn[n+]([O-])c(C)c2)s1. The van der Waals surface area contributed by atoms with Gasteiger partial charge in [0.2, 0.25) is 5.69 Å². The number of aromatic nitrogens is 2. The van der Waals surface area contributed by atoms with Gasteiger partial charge in [0.15, 0.2) is 0 Å². The Balaban J connectivity index is 2.37. The molecule has 0 aliphatic rings. The van der Waals surface area contributed by atoms with Crippen molar-refractivity contribution >= 4 is 17.3 Å². The zero-order chi connectivity index (χ0) is 12.4. The van der Waals surface area contributed by atoms with Crippen molar-refractivity contribution in [3.8, 4) is 10.4 Å². The second-order valence-corrected chi connectivity index (χ2v) is 4.50. The summed E-state index contributed by atoms with van der Waals surface area (Å²) in [5.74, 6) is -0.360. The van der Waals surface area contributed by atoms with Crippen LogP contribution >= 0.6 is 11.3 Å². The van der Waals surface area contributed by atoms with Crippen molar-refractivity contribution in [1.82, 2.24) is 5.10 Å². The Morgan fingerprint density at radius 1 is 1.53 bits per heavy atom. The molecule has 5 nitrogen and oxygen atoms in total. The Morgan fingerprint density at radius 2 is 2.29 bits per heavy atom. The van der Waals surface area contributed by atoms with E-state index in [9.17, 15) is 10.0 Å². The third-order valence-electron chi connectivity index (χ3n) is 2.24. The third kappa shape index (κ3) is 2.26. The van der Waals surface area contributed by atoms with E-state index in [1.165, 1.54) is 24.6 Å². The number of methoxy groups -OCH3 is 1. The van der Waals surface area contributed by atoms with Crippen LogP contribution < -0.4 is 4.85 Å². The van der Waals surface area contributed by atoms with Gasteiger partial charge >= 0.3 is 5.97 Å². The Hall–Kier alpha value is -1.95. The van der Waals surface area contributed by atoms with Crippen molar-refractivity contribution in [1.29, 1.82) is 0 Å². The van der Waals surface area contributed by atoms with Crippen LogP contribution in [0.5, 0.6) is 0 Å².